The van der Waals surface area contributed by atoms with Gasteiger partial charge in [-0.25, -0.2) is 18.4 Å². The minimum absolute atomic E-state index is 0.136. The SMILES string of the molecule is Cc1cc(C)cc(CBr)c1.Cc1cc(C)cc(CN2CCN(c3cc4c(cc3F)c(=O)c(C(=O)O)cn4C3CC3)CC2)c1.O=C(O)c1cn(C2CC2)c2cc(N3CCNCC3)c(F)cc2c1=O. The van der Waals surface area contributed by atoms with Crippen LogP contribution in [0, 0.1) is 39.3 Å². The molecule has 4 aromatic carbocycles. The third kappa shape index (κ3) is 11.0. The maximum Gasteiger partial charge on any atom is 0.341 e. The number of nitrogens with zero attached hydrogens (tertiary/aromatic N) is 5. The fourth-order valence-corrected chi connectivity index (χ4v) is 9.76. The average molecular weight is 980 g/mol. The molecule has 0 bridgehead atoms. The summed E-state index contributed by atoms with van der Waals surface area (Å²) in [6.07, 6.45) is 6.58. The molecule has 0 unspecified atom stereocenters. The summed E-state index contributed by atoms with van der Waals surface area (Å²) >= 11 is 3.43. The highest BCUT2D eigenvalue weighted by atomic mass is 79.9. The summed E-state index contributed by atoms with van der Waals surface area (Å²) in [4.78, 5) is 54.3. The molecule has 0 atom stereocenters. The Labute approximate surface area is 396 Å². The molecule has 0 amide bonds. The second kappa shape index (κ2) is 20.1. The Bertz CT molecular complexity index is 2950. The maximum absolute atomic E-state index is 15.1. The van der Waals surface area contributed by atoms with Crippen molar-refractivity contribution < 1.29 is 28.6 Å². The van der Waals surface area contributed by atoms with Gasteiger partial charge in [0.05, 0.1) is 22.4 Å². The number of hydrogen-bond donors (Lipinski definition) is 3. The molecule has 15 heteroatoms. The van der Waals surface area contributed by atoms with Gasteiger partial charge < -0.3 is 34.5 Å². The van der Waals surface area contributed by atoms with Crippen molar-refractivity contribution in [3.63, 3.8) is 0 Å². The van der Waals surface area contributed by atoms with E-state index in [9.17, 15) is 33.8 Å². The van der Waals surface area contributed by atoms with E-state index in [0.29, 0.717) is 48.6 Å². The first-order valence-corrected chi connectivity index (χ1v) is 24.1. The first-order valence-electron chi connectivity index (χ1n) is 22.9. The number of fused-ring (bicyclic) bond motifs is 2. The van der Waals surface area contributed by atoms with Gasteiger partial charge in [0.2, 0.25) is 10.9 Å². The number of pyridine rings is 2. The lowest BCUT2D eigenvalue weighted by Gasteiger charge is -2.36. The van der Waals surface area contributed by atoms with Crippen LogP contribution in [0.5, 0.6) is 0 Å². The van der Waals surface area contributed by atoms with E-state index in [-0.39, 0.29) is 34.0 Å². The first kappa shape index (κ1) is 47.6. The summed E-state index contributed by atoms with van der Waals surface area (Å²) < 4.78 is 33.4. The van der Waals surface area contributed by atoms with E-state index >= 15 is 4.39 Å². The van der Waals surface area contributed by atoms with E-state index in [2.05, 4.69) is 90.2 Å². The number of aromatic carboxylic acids is 2. The standard InChI is InChI=1S/C26H28FN3O3.C17H18FN3O3.C9H11Br/c1-16-9-17(2)11-18(10-16)14-28-5-7-29(8-6-28)24-13-23-20(12-22(24)27)25(31)21(26(32)33)15-30(23)19-3-4-19;18-13-7-11-14(8-15(13)20-5-3-19-4-6-20)21(10-1-2-10)9-12(16(11)22)17(23)24;1-7-3-8(2)5-9(4-7)6-10/h9-13,15,19H,3-8,14H2,1-2H3,(H,32,33);7-10,19H,1-6H2,(H,23,24);3-5H,6H2,1-2H3. The molecule has 2 aliphatic heterocycles. The summed E-state index contributed by atoms with van der Waals surface area (Å²) in [5, 5.41) is 23.1. The van der Waals surface area contributed by atoms with E-state index in [1.54, 1.807) is 12.1 Å². The lowest BCUT2D eigenvalue weighted by molar-refractivity contribution is 0.0684. The molecule has 0 spiro atoms. The topological polar surface area (TPSA) is 140 Å². The van der Waals surface area contributed by atoms with E-state index in [0.717, 1.165) is 63.7 Å². The average Bonchev–Trinajstić information content (AvgIpc) is 4.23. The van der Waals surface area contributed by atoms with Crippen LogP contribution >= 0.6 is 15.9 Å². The fraction of sp³-hybridized carbons (Fsp3) is 0.385. The zero-order chi connectivity index (χ0) is 47.7. The Hall–Kier alpha value is -5.90. The zero-order valence-electron chi connectivity index (χ0n) is 38.4. The molecule has 4 heterocycles. The van der Waals surface area contributed by atoms with Crippen LogP contribution in [0.4, 0.5) is 20.2 Å². The van der Waals surface area contributed by atoms with Crippen LogP contribution in [-0.4, -0.2) is 88.5 Å². The molecule has 67 heavy (non-hydrogen) atoms. The molecule has 3 N–H and O–H groups in total. The van der Waals surface area contributed by atoms with Gasteiger partial charge in [-0.2, -0.15) is 0 Å². The molecule has 2 saturated heterocycles. The Balaban J connectivity index is 0.000000156. The molecule has 2 saturated carbocycles. The number of rotatable bonds is 9. The molecule has 4 fully saturated rings. The summed E-state index contributed by atoms with van der Waals surface area (Å²) in [6.45, 7) is 15.3. The first-order chi connectivity index (χ1) is 32.1. The number of carboxylic acid groups (broad SMARTS) is 2. The number of benzene rings is 4. The van der Waals surface area contributed by atoms with Gasteiger partial charge in [-0.05, 0) is 88.8 Å². The number of aromatic nitrogens is 2. The zero-order valence-corrected chi connectivity index (χ0v) is 40.0. The van der Waals surface area contributed by atoms with Crippen LogP contribution in [0.25, 0.3) is 21.8 Å². The molecular weight excluding hydrogens is 923 g/mol. The predicted molar refractivity (Wildman–Crippen MR) is 264 cm³/mol. The fourth-order valence-electron chi connectivity index (χ4n) is 9.43. The van der Waals surface area contributed by atoms with Gasteiger partial charge in [-0.1, -0.05) is 74.6 Å². The minimum atomic E-state index is -1.28. The van der Waals surface area contributed by atoms with Gasteiger partial charge in [0.1, 0.15) is 22.8 Å². The lowest BCUT2D eigenvalue weighted by Crippen LogP contribution is -2.46. The van der Waals surface area contributed by atoms with E-state index in [1.807, 2.05) is 18.9 Å². The van der Waals surface area contributed by atoms with Crippen LogP contribution in [0.1, 0.15) is 91.9 Å². The summed E-state index contributed by atoms with van der Waals surface area (Å²) in [7, 11) is 0. The van der Waals surface area contributed by atoms with Gasteiger partial charge in [0.25, 0.3) is 0 Å². The van der Waals surface area contributed by atoms with Crippen molar-refractivity contribution in [2.24, 2.45) is 0 Å². The lowest BCUT2D eigenvalue weighted by atomic mass is 10.1. The second-order valence-corrected chi connectivity index (χ2v) is 19.0. The van der Waals surface area contributed by atoms with E-state index in [4.69, 9.17) is 0 Å². The van der Waals surface area contributed by atoms with Crippen LogP contribution in [0.15, 0.2) is 82.6 Å². The number of anilines is 2. The smallest absolute Gasteiger partial charge is 0.341 e. The Morgan fingerprint density at radius 2 is 1.00 bits per heavy atom. The van der Waals surface area contributed by atoms with Crippen molar-refractivity contribution in [2.75, 3.05) is 62.2 Å². The number of alkyl halides is 1. The third-order valence-corrected chi connectivity index (χ3v) is 13.5. The van der Waals surface area contributed by atoms with Gasteiger partial charge in [-0.3, -0.25) is 14.5 Å². The molecule has 0 radical (unpaired) electrons. The highest BCUT2D eigenvalue weighted by molar-refractivity contribution is 9.08. The molecular formula is C52H57BrF2N6O6. The van der Waals surface area contributed by atoms with Crippen LogP contribution in [-0.2, 0) is 11.9 Å². The largest absolute Gasteiger partial charge is 0.477 e. The predicted octanol–water partition coefficient (Wildman–Crippen LogP) is 8.89. The third-order valence-electron chi connectivity index (χ3n) is 12.8. The van der Waals surface area contributed by atoms with Gasteiger partial charge in [0, 0.05) is 99.5 Å². The highest BCUT2D eigenvalue weighted by Crippen LogP contribution is 2.39. The number of nitrogens with one attached hydrogen (secondary N) is 1. The molecule has 2 aliphatic carbocycles. The Morgan fingerprint density at radius 3 is 1.39 bits per heavy atom. The van der Waals surface area contributed by atoms with Gasteiger partial charge >= 0.3 is 11.9 Å². The van der Waals surface area contributed by atoms with Crippen molar-refractivity contribution in [3.05, 3.63) is 150 Å². The van der Waals surface area contributed by atoms with Crippen LogP contribution < -0.4 is 26.0 Å². The molecule has 6 aromatic rings. The minimum Gasteiger partial charge on any atom is -0.477 e. The van der Waals surface area contributed by atoms with Crippen LogP contribution in [0.3, 0.4) is 0 Å². The summed E-state index contributed by atoms with van der Waals surface area (Å²) in [5.74, 6) is -3.51. The second-order valence-electron chi connectivity index (χ2n) is 18.4. The van der Waals surface area contributed by atoms with Gasteiger partial charge in [-0.15, -0.1) is 0 Å². The maximum atomic E-state index is 15.1. The number of carbonyl (C=O) groups is 2. The number of piperazine rings is 2. The molecule has 4 aliphatic rings. The Kier molecular flexibility index (Phi) is 14.3. The Morgan fingerprint density at radius 1 is 0.597 bits per heavy atom. The number of carboxylic acids is 2. The van der Waals surface area contributed by atoms with Crippen molar-refractivity contribution in [1.29, 1.82) is 0 Å². The van der Waals surface area contributed by atoms with E-state index in [1.165, 1.54) is 57.9 Å². The number of hydrogen-bond acceptors (Lipinski definition) is 8. The highest BCUT2D eigenvalue weighted by Gasteiger charge is 2.30. The number of aryl methyl sites for hydroxylation is 4. The van der Waals surface area contributed by atoms with Gasteiger partial charge in [0.15, 0.2) is 0 Å². The van der Waals surface area contributed by atoms with Crippen LogP contribution in [0.2, 0.25) is 0 Å². The molecule has 10 rings (SSSR count). The van der Waals surface area contributed by atoms with E-state index < -0.39 is 34.4 Å². The number of halogens is 3. The van der Waals surface area contributed by atoms with Crippen molar-refractivity contribution in [3.8, 4) is 0 Å². The van der Waals surface area contributed by atoms with Crippen molar-refractivity contribution in [2.45, 2.75) is 77.3 Å². The normalized spacial score (nSPS) is 16.3. The van der Waals surface area contributed by atoms with Crippen molar-refractivity contribution in [1.82, 2.24) is 19.4 Å². The van der Waals surface area contributed by atoms with Crippen molar-refractivity contribution >= 4 is 61.0 Å². The quantitative estimate of drug-likeness (QED) is 0.120. The molecule has 12 nitrogen and oxygen atoms in total. The summed E-state index contributed by atoms with van der Waals surface area (Å²) in [6, 6.07) is 19.4. The molecule has 352 valence electrons. The summed E-state index contributed by atoms with van der Waals surface area (Å²) in [5.41, 5.74) is 8.17. The monoisotopic (exact) mass is 978 g/mol. The molecule has 2 aromatic heterocycles.